The number of hydrogen-bond donors (Lipinski definition) is 6. The van der Waals surface area contributed by atoms with Crippen molar-refractivity contribution in [3.05, 3.63) is 95.1 Å². The number of phenols is 1. The lowest BCUT2D eigenvalue weighted by atomic mass is 9.77. The van der Waals surface area contributed by atoms with E-state index in [2.05, 4.69) is 0 Å². The molecule has 6 N–H and O–H groups in total. The van der Waals surface area contributed by atoms with Crippen molar-refractivity contribution in [3.8, 4) is 5.75 Å². The highest BCUT2D eigenvalue weighted by Gasteiger charge is 2.49. The van der Waals surface area contributed by atoms with Gasteiger partial charge in [0.2, 0.25) is 5.91 Å². The van der Waals surface area contributed by atoms with Gasteiger partial charge in [-0.05, 0) is 66.4 Å². The number of anilines is 1. The van der Waals surface area contributed by atoms with Crippen molar-refractivity contribution in [2.45, 2.75) is 61.9 Å². The fourth-order valence-corrected chi connectivity index (χ4v) is 5.81. The molecule has 2 aliphatic rings. The number of carbonyl (C=O) groups excluding carboxylic acids is 1. The first kappa shape index (κ1) is 30.0. The number of aliphatic hydroxyl groups excluding tert-OH is 5. The second kappa shape index (κ2) is 12.4. The summed E-state index contributed by atoms with van der Waals surface area (Å²) in [5.74, 6) is -1.93. The summed E-state index contributed by atoms with van der Waals surface area (Å²) in [7, 11) is 0. The molecule has 3 aromatic rings. The van der Waals surface area contributed by atoms with Crippen LogP contribution in [0.2, 0.25) is 0 Å². The molecule has 2 saturated heterocycles. The Kier molecular flexibility index (Phi) is 8.88. The number of benzene rings is 3. The van der Waals surface area contributed by atoms with E-state index in [1.165, 1.54) is 59.5 Å². The van der Waals surface area contributed by atoms with Crippen LogP contribution in [0.1, 0.15) is 41.7 Å². The van der Waals surface area contributed by atoms with Crippen molar-refractivity contribution >= 4 is 11.6 Å². The van der Waals surface area contributed by atoms with Crippen molar-refractivity contribution < 1.29 is 49.0 Å². The molecule has 9 nitrogen and oxygen atoms in total. The van der Waals surface area contributed by atoms with Crippen molar-refractivity contribution in [1.29, 1.82) is 0 Å². The van der Waals surface area contributed by atoms with E-state index in [0.29, 0.717) is 22.4 Å². The zero-order chi connectivity index (χ0) is 30.1. The monoisotopic (exact) mass is 585 g/mol. The molecule has 0 spiro atoms. The molecule has 2 unspecified atom stereocenters. The third-order valence-corrected chi connectivity index (χ3v) is 8.17. The fraction of sp³-hybridized carbons (Fsp3) is 0.387. The highest BCUT2D eigenvalue weighted by atomic mass is 19.1. The first-order valence-electron chi connectivity index (χ1n) is 13.7. The van der Waals surface area contributed by atoms with E-state index in [0.717, 1.165) is 0 Å². The number of phenolic OH excluding ortho intramolecular Hbond substituents is 1. The van der Waals surface area contributed by atoms with Gasteiger partial charge >= 0.3 is 0 Å². The molecule has 8 atom stereocenters. The van der Waals surface area contributed by atoms with Gasteiger partial charge in [0.15, 0.2) is 0 Å². The van der Waals surface area contributed by atoms with Crippen molar-refractivity contribution in [2.75, 3.05) is 11.5 Å². The number of nitrogens with zero attached hydrogens (tertiary/aromatic N) is 1. The van der Waals surface area contributed by atoms with Gasteiger partial charge in [-0.2, -0.15) is 0 Å². The number of halogens is 2. The maximum Gasteiger partial charge on any atom is 0.233 e. The first-order chi connectivity index (χ1) is 20.1. The van der Waals surface area contributed by atoms with Crippen LogP contribution < -0.4 is 4.90 Å². The summed E-state index contributed by atoms with van der Waals surface area (Å²) in [4.78, 5) is 14.8. The van der Waals surface area contributed by atoms with Crippen LogP contribution in [-0.2, 0) is 16.0 Å². The van der Waals surface area contributed by atoms with E-state index in [4.69, 9.17) is 4.74 Å². The van der Waals surface area contributed by atoms with E-state index in [1.807, 2.05) is 0 Å². The van der Waals surface area contributed by atoms with Crippen molar-refractivity contribution in [1.82, 2.24) is 0 Å². The summed E-state index contributed by atoms with van der Waals surface area (Å²) >= 11 is 0. The Balaban J connectivity index is 1.37. The van der Waals surface area contributed by atoms with Crippen LogP contribution in [0, 0.1) is 17.6 Å². The highest BCUT2D eigenvalue weighted by Crippen LogP contribution is 2.48. The Morgan fingerprint density at radius 3 is 2.10 bits per heavy atom. The maximum atomic E-state index is 13.6. The van der Waals surface area contributed by atoms with E-state index in [-0.39, 0.29) is 30.9 Å². The van der Waals surface area contributed by atoms with Crippen LogP contribution in [0.25, 0.3) is 0 Å². The van der Waals surface area contributed by atoms with Crippen LogP contribution in [-0.4, -0.2) is 73.7 Å². The van der Waals surface area contributed by atoms with E-state index >= 15 is 0 Å². The summed E-state index contributed by atoms with van der Waals surface area (Å²) in [6, 6.07) is 15.0. The van der Waals surface area contributed by atoms with Gasteiger partial charge in [0.05, 0.1) is 30.8 Å². The minimum Gasteiger partial charge on any atom is -0.508 e. The molecule has 0 radical (unpaired) electrons. The molecule has 11 heteroatoms. The van der Waals surface area contributed by atoms with Crippen LogP contribution in [0.15, 0.2) is 66.7 Å². The van der Waals surface area contributed by atoms with Gasteiger partial charge in [-0.1, -0.05) is 24.3 Å². The Morgan fingerprint density at radius 1 is 0.857 bits per heavy atom. The largest absolute Gasteiger partial charge is 0.508 e. The molecule has 2 heterocycles. The first-order valence-corrected chi connectivity index (χ1v) is 13.7. The highest BCUT2D eigenvalue weighted by molar-refractivity contribution is 6.03. The average molecular weight is 586 g/mol. The number of hydrogen-bond acceptors (Lipinski definition) is 8. The lowest BCUT2D eigenvalue weighted by Crippen LogP contribution is -2.59. The van der Waals surface area contributed by atoms with E-state index < -0.39 is 66.8 Å². The maximum absolute atomic E-state index is 13.6. The standard InChI is InChI=1S/C31H33F2NO8/c32-18-4-2-17(3-5-18)23(36)12-11-22-27(34(31(22)41)20-8-6-19(33)7-9-20)21-10-1-16(13-24(21)37)14-25-28(38)30(40)29(39)26(15-35)42-25/h1-10,13,22-23,25-30,35-40H,11-12,14-15H2/t22-,23+,25+,26?,27-,28?,29-,30-/m1/s1. The molecule has 0 aliphatic carbocycles. The molecule has 5 rings (SSSR count). The van der Waals surface area contributed by atoms with Gasteiger partial charge in [-0.25, -0.2) is 8.78 Å². The SMILES string of the molecule is O=C1[C@H](CC[C@H](O)c2ccc(F)cc2)[C@@H](c2ccc(C[C@@H]3OC(CO)[C@@H](O)[C@H](O)C3O)cc2O)N1c1ccc(F)cc1. The summed E-state index contributed by atoms with van der Waals surface area (Å²) in [5.41, 5.74) is 1.89. The number of aromatic hydroxyl groups is 1. The minimum atomic E-state index is -1.52. The lowest BCUT2D eigenvalue weighted by molar-refractivity contribution is -0.228. The molecule has 0 saturated carbocycles. The summed E-state index contributed by atoms with van der Waals surface area (Å²) in [6.45, 7) is -0.558. The third-order valence-electron chi connectivity index (χ3n) is 8.17. The predicted octanol–water partition coefficient (Wildman–Crippen LogP) is 2.27. The van der Waals surface area contributed by atoms with E-state index in [1.54, 1.807) is 12.1 Å². The normalized spacial score (nSPS) is 28.4. The number of rotatable bonds is 9. The number of β-lactam (4-membered cyclic amide) rings is 1. The molecule has 1 amide bonds. The Bertz CT molecular complexity index is 1390. The molecular weight excluding hydrogens is 552 g/mol. The topological polar surface area (TPSA) is 151 Å². The molecule has 0 aromatic heterocycles. The summed E-state index contributed by atoms with van der Waals surface area (Å²) in [6.07, 6.45) is -6.89. The third kappa shape index (κ3) is 5.89. The Morgan fingerprint density at radius 2 is 1.48 bits per heavy atom. The van der Waals surface area contributed by atoms with Gasteiger partial charge < -0.3 is 40.3 Å². The minimum absolute atomic E-state index is 0.0495. The number of carbonyl (C=O) groups is 1. The van der Waals surface area contributed by atoms with Gasteiger partial charge in [0.1, 0.15) is 41.8 Å². The fourth-order valence-electron chi connectivity index (χ4n) is 5.81. The smallest absolute Gasteiger partial charge is 0.233 e. The Hall–Kier alpha value is -3.45. The molecule has 42 heavy (non-hydrogen) atoms. The summed E-state index contributed by atoms with van der Waals surface area (Å²) < 4.78 is 32.5. The van der Waals surface area contributed by atoms with Crippen LogP contribution in [0.4, 0.5) is 14.5 Å². The molecule has 2 fully saturated rings. The number of aliphatic hydroxyl groups is 5. The Labute approximate surface area is 240 Å². The van der Waals surface area contributed by atoms with Crippen molar-refractivity contribution in [2.24, 2.45) is 5.92 Å². The molecule has 3 aromatic carbocycles. The van der Waals surface area contributed by atoms with Gasteiger partial charge in [0, 0.05) is 17.7 Å². The molecule has 0 bridgehead atoms. The van der Waals surface area contributed by atoms with E-state index in [9.17, 15) is 44.2 Å². The lowest BCUT2D eigenvalue weighted by Gasteiger charge is -2.48. The van der Waals surface area contributed by atoms with Crippen LogP contribution in [0.5, 0.6) is 5.75 Å². The zero-order valence-corrected chi connectivity index (χ0v) is 22.5. The van der Waals surface area contributed by atoms with Gasteiger partial charge in [-0.15, -0.1) is 0 Å². The number of ether oxygens (including phenoxy) is 1. The zero-order valence-electron chi connectivity index (χ0n) is 22.5. The van der Waals surface area contributed by atoms with Crippen LogP contribution in [0.3, 0.4) is 0 Å². The van der Waals surface area contributed by atoms with Crippen LogP contribution >= 0.6 is 0 Å². The predicted molar refractivity (Wildman–Crippen MR) is 146 cm³/mol. The van der Waals surface area contributed by atoms with Gasteiger partial charge in [0.25, 0.3) is 0 Å². The molecule has 224 valence electrons. The second-order valence-corrected chi connectivity index (χ2v) is 10.8. The second-order valence-electron chi connectivity index (χ2n) is 10.8. The summed E-state index contributed by atoms with van der Waals surface area (Å²) in [5, 5.41) is 61.7. The number of amides is 1. The molecular formula is C31H33F2NO8. The molecule has 2 aliphatic heterocycles. The quantitative estimate of drug-likeness (QED) is 0.210. The van der Waals surface area contributed by atoms with Gasteiger partial charge in [-0.3, -0.25) is 4.79 Å². The average Bonchev–Trinajstić information content (AvgIpc) is 2.98. The van der Waals surface area contributed by atoms with Crippen molar-refractivity contribution in [3.63, 3.8) is 0 Å².